The molecule has 0 bridgehead atoms. The van der Waals surface area contributed by atoms with E-state index in [1.54, 1.807) is 12.1 Å². The van der Waals surface area contributed by atoms with E-state index in [0.29, 0.717) is 45.2 Å². The molecule has 6 rings (SSSR count). The van der Waals surface area contributed by atoms with E-state index in [4.69, 9.17) is 16.5 Å². The maximum atomic E-state index is 14.1. The summed E-state index contributed by atoms with van der Waals surface area (Å²) in [6.45, 7) is 4.04. The highest BCUT2D eigenvalue weighted by atomic mass is 32.1. The monoisotopic (exact) mass is 565 g/mol. The van der Waals surface area contributed by atoms with Crippen LogP contribution in [0.3, 0.4) is 0 Å². The number of nitrogens with two attached hydrogens (primary N) is 2. The molecule has 3 aromatic rings. The second-order valence-corrected chi connectivity index (χ2v) is 12.6. The zero-order chi connectivity index (χ0) is 29.2. The molecule has 0 spiro atoms. The fourth-order valence-corrected chi connectivity index (χ4v) is 7.86. The number of hydrogen-bond donors (Lipinski definition) is 2. The second-order valence-electron chi connectivity index (χ2n) is 11.6. The summed E-state index contributed by atoms with van der Waals surface area (Å²) in [6, 6.07) is 10.6. The van der Waals surface area contributed by atoms with Crippen LogP contribution < -0.4 is 16.4 Å². The van der Waals surface area contributed by atoms with Crippen LogP contribution >= 0.6 is 11.3 Å². The highest BCUT2D eigenvalue weighted by Crippen LogP contribution is 2.57. The Bertz CT molecular complexity index is 1790. The van der Waals surface area contributed by atoms with Gasteiger partial charge in [-0.15, -0.1) is 11.3 Å². The minimum atomic E-state index is -0.805. The number of nitro benzene ring substituents is 1. The summed E-state index contributed by atoms with van der Waals surface area (Å²) in [4.78, 5) is 33.0. The number of pyridine rings is 1. The number of nitrogens with zero attached hydrogens (tertiary/aromatic N) is 5. The summed E-state index contributed by atoms with van der Waals surface area (Å²) in [5.74, 6) is -0.635. The van der Waals surface area contributed by atoms with Crippen LogP contribution in [0.5, 0.6) is 0 Å². The zero-order valence-electron chi connectivity index (χ0n) is 22.7. The number of aryl methyl sites for hydroxylation is 1. The van der Waals surface area contributed by atoms with E-state index >= 15 is 0 Å². The molecule has 0 saturated carbocycles. The van der Waals surface area contributed by atoms with E-state index in [1.165, 1.54) is 23.5 Å². The van der Waals surface area contributed by atoms with Crippen LogP contribution in [0, 0.1) is 38.2 Å². The van der Waals surface area contributed by atoms with Crippen LogP contribution in [-0.4, -0.2) is 15.7 Å². The number of ketones is 1. The lowest BCUT2D eigenvalue weighted by Gasteiger charge is -2.44. The summed E-state index contributed by atoms with van der Waals surface area (Å²) < 4.78 is 0. The van der Waals surface area contributed by atoms with Gasteiger partial charge in [-0.2, -0.15) is 10.5 Å². The van der Waals surface area contributed by atoms with Crippen molar-refractivity contribution in [3.63, 3.8) is 0 Å². The van der Waals surface area contributed by atoms with E-state index in [2.05, 4.69) is 6.07 Å². The van der Waals surface area contributed by atoms with E-state index in [9.17, 15) is 25.4 Å². The number of nitrogen functional groups attached to an aromatic ring is 2. The lowest BCUT2D eigenvalue weighted by molar-refractivity contribution is -0.384. The molecule has 1 atom stereocenters. The van der Waals surface area contributed by atoms with Gasteiger partial charge in [0.05, 0.1) is 16.2 Å². The highest BCUT2D eigenvalue weighted by Gasteiger charge is 2.47. The van der Waals surface area contributed by atoms with Gasteiger partial charge in [-0.05, 0) is 48.6 Å². The largest absolute Gasteiger partial charge is 0.397 e. The van der Waals surface area contributed by atoms with E-state index in [0.717, 1.165) is 36.1 Å². The Balaban J connectivity index is 1.74. The van der Waals surface area contributed by atoms with Crippen molar-refractivity contribution < 1.29 is 9.72 Å². The Labute approximate surface area is 240 Å². The third-order valence-corrected chi connectivity index (χ3v) is 9.51. The molecular formula is C30H27N7O3S. The summed E-state index contributed by atoms with van der Waals surface area (Å²) in [6.07, 6.45) is 4.45. The van der Waals surface area contributed by atoms with Crippen LogP contribution in [0.15, 0.2) is 35.5 Å². The molecule has 1 aromatic carbocycles. The highest BCUT2D eigenvalue weighted by molar-refractivity contribution is 7.16. The molecule has 3 heterocycles. The van der Waals surface area contributed by atoms with Gasteiger partial charge < -0.3 is 11.5 Å². The van der Waals surface area contributed by atoms with Gasteiger partial charge in [0.15, 0.2) is 5.78 Å². The number of allylic oxidation sites excluding steroid dienone is 2. The number of non-ortho nitro benzene ring substituents is 1. The van der Waals surface area contributed by atoms with Gasteiger partial charge >= 0.3 is 0 Å². The maximum absolute atomic E-state index is 14.1. The second kappa shape index (κ2) is 9.43. The standard InChI is InChI=1S/C30H27N7O3S/c1-30(2)11-20-24(21(38)12-30)23(15-6-5-7-16(10-15)37(39)40)25-26(33)19(14-32)27(34)35-28(25)36(20)29-18(13-31)17-8-3-4-9-22(17)41-29/h5-7,10,23H,3-4,8-9,11-12H2,1-2H3,(H4,33,34,35)/t23-/m0/s1. The number of carbonyl (C=O) groups excluding carboxylic acids is 1. The molecule has 0 saturated heterocycles. The van der Waals surface area contributed by atoms with Crippen molar-refractivity contribution in [3.05, 3.63) is 78.3 Å². The Morgan fingerprint density at radius 2 is 1.88 bits per heavy atom. The molecule has 206 valence electrons. The van der Waals surface area contributed by atoms with Gasteiger partial charge in [0.2, 0.25) is 0 Å². The van der Waals surface area contributed by atoms with Crippen LogP contribution in [-0.2, 0) is 17.6 Å². The number of Topliss-reactive ketones (excluding diaryl/α,β-unsaturated/α-hetero) is 1. The summed E-state index contributed by atoms with van der Waals surface area (Å²) in [5, 5.41) is 32.7. The molecule has 0 amide bonds. The van der Waals surface area contributed by atoms with E-state index in [-0.39, 0.29) is 35.0 Å². The third kappa shape index (κ3) is 4.04. The van der Waals surface area contributed by atoms with Gasteiger partial charge in [-0.25, -0.2) is 4.98 Å². The van der Waals surface area contributed by atoms with Gasteiger partial charge in [-0.3, -0.25) is 19.8 Å². The predicted molar refractivity (Wildman–Crippen MR) is 156 cm³/mol. The molecule has 4 N–H and O–H groups in total. The number of anilines is 4. The zero-order valence-corrected chi connectivity index (χ0v) is 23.5. The minimum absolute atomic E-state index is 0.0160. The Kier molecular flexibility index (Phi) is 6.09. The van der Waals surface area contributed by atoms with Crippen LogP contribution in [0.1, 0.15) is 78.1 Å². The van der Waals surface area contributed by atoms with Crippen LogP contribution in [0.2, 0.25) is 0 Å². The quantitative estimate of drug-likeness (QED) is 0.295. The van der Waals surface area contributed by atoms with Crippen molar-refractivity contribution in [2.45, 2.75) is 58.3 Å². The van der Waals surface area contributed by atoms with Gasteiger partial charge in [-0.1, -0.05) is 26.0 Å². The summed E-state index contributed by atoms with van der Waals surface area (Å²) in [5.41, 5.74) is 16.1. The number of nitro groups is 1. The van der Waals surface area contributed by atoms with Crippen molar-refractivity contribution in [1.29, 1.82) is 10.5 Å². The van der Waals surface area contributed by atoms with E-state index < -0.39 is 16.3 Å². The SMILES string of the molecule is CC1(C)CC(=O)C2=C(C1)N(c1sc3c(c1C#N)CCCC3)c1nc(N)c(C#N)c(N)c1[C@H]2c1cccc([N+](=O)[O-])c1. The Morgan fingerprint density at radius 1 is 1.15 bits per heavy atom. The number of nitriles is 2. The lowest BCUT2D eigenvalue weighted by Crippen LogP contribution is -2.39. The number of hydrogen-bond acceptors (Lipinski definition) is 10. The first kappa shape index (κ1) is 26.5. The average Bonchev–Trinajstić information content (AvgIpc) is 3.29. The van der Waals surface area contributed by atoms with E-state index in [1.807, 2.05) is 24.8 Å². The van der Waals surface area contributed by atoms with Crippen LogP contribution in [0.25, 0.3) is 0 Å². The molecule has 2 aliphatic carbocycles. The van der Waals surface area contributed by atoms with Crippen molar-refractivity contribution >= 4 is 45.1 Å². The third-order valence-electron chi connectivity index (χ3n) is 8.23. The molecule has 0 unspecified atom stereocenters. The summed E-state index contributed by atoms with van der Waals surface area (Å²) >= 11 is 1.52. The van der Waals surface area contributed by atoms with Gasteiger partial charge in [0.1, 0.15) is 34.3 Å². The molecule has 0 fully saturated rings. The minimum Gasteiger partial charge on any atom is -0.397 e. The predicted octanol–water partition coefficient (Wildman–Crippen LogP) is 5.76. The first-order valence-corrected chi connectivity index (χ1v) is 14.2. The average molecular weight is 566 g/mol. The number of aromatic nitrogens is 1. The summed E-state index contributed by atoms with van der Waals surface area (Å²) in [7, 11) is 0. The molecule has 3 aliphatic rings. The number of rotatable bonds is 3. The molecule has 10 nitrogen and oxygen atoms in total. The van der Waals surface area contributed by atoms with Crippen LogP contribution in [0.4, 0.5) is 28.0 Å². The number of benzene rings is 1. The lowest BCUT2D eigenvalue weighted by atomic mass is 9.68. The molecule has 1 aliphatic heterocycles. The molecule has 41 heavy (non-hydrogen) atoms. The Morgan fingerprint density at radius 3 is 2.59 bits per heavy atom. The fourth-order valence-electron chi connectivity index (χ4n) is 6.49. The number of carbonyl (C=O) groups is 1. The molecular weight excluding hydrogens is 538 g/mol. The first-order valence-electron chi connectivity index (χ1n) is 13.4. The van der Waals surface area contributed by atoms with Crippen molar-refractivity contribution in [3.8, 4) is 12.1 Å². The Hall–Kier alpha value is -4.74. The number of thiophene rings is 1. The van der Waals surface area contributed by atoms with Crippen molar-refractivity contribution in [2.75, 3.05) is 16.4 Å². The smallest absolute Gasteiger partial charge is 0.269 e. The molecule has 0 radical (unpaired) electrons. The van der Waals surface area contributed by atoms with Gasteiger partial charge in [0, 0.05) is 46.2 Å². The number of fused-ring (bicyclic) bond motifs is 2. The van der Waals surface area contributed by atoms with Crippen molar-refractivity contribution in [2.24, 2.45) is 5.41 Å². The topological polar surface area (TPSA) is 176 Å². The van der Waals surface area contributed by atoms with Gasteiger partial charge in [0.25, 0.3) is 5.69 Å². The molecule has 2 aromatic heterocycles. The maximum Gasteiger partial charge on any atom is 0.269 e. The normalized spacial score (nSPS) is 19.1. The fraction of sp³-hybridized carbons (Fsp3) is 0.333. The van der Waals surface area contributed by atoms with Crippen molar-refractivity contribution in [1.82, 2.24) is 4.98 Å². The first-order chi connectivity index (χ1) is 19.6. The molecule has 11 heteroatoms.